The lowest BCUT2D eigenvalue weighted by molar-refractivity contribution is -0.141. The van der Waals surface area contributed by atoms with Crippen LogP contribution in [0.4, 0.5) is 4.39 Å². The molecule has 4 rings (SSSR count). The summed E-state index contributed by atoms with van der Waals surface area (Å²) in [5.74, 6) is -1.03. The van der Waals surface area contributed by atoms with E-state index in [1.807, 2.05) is 18.2 Å². The number of nitrogens with zero attached hydrogens (tertiary/aromatic N) is 2. The summed E-state index contributed by atoms with van der Waals surface area (Å²) in [4.78, 5) is 14.4. The molecule has 0 radical (unpaired) electrons. The minimum Gasteiger partial charge on any atom is -0.469 e. The predicted molar refractivity (Wildman–Crippen MR) is 110 cm³/mol. The highest BCUT2D eigenvalue weighted by atomic mass is 32.2. The van der Waals surface area contributed by atoms with Crippen LogP contribution in [0.5, 0.6) is 0 Å². The quantitative estimate of drug-likeness (QED) is 0.680. The number of hydrogen-bond acceptors (Lipinski definition) is 5. The molecule has 0 bridgehead atoms. The van der Waals surface area contributed by atoms with Gasteiger partial charge in [0, 0.05) is 25.7 Å². The molecule has 0 aliphatic carbocycles. The molecule has 1 saturated heterocycles. The molecule has 2 aromatic carbocycles. The van der Waals surface area contributed by atoms with Crippen molar-refractivity contribution in [2.45, 2.75) is 42.8 Å². The molecule has 160 valence electrons. The molecule has 1 fully saturated rings. The van der Waals surface area contributed by atoms with E-state index in [2.05, 4.69) is 17.0 Å². The molecule has 2 aromatic rings. The first kappa shape index (κ1) is 21.0. The van der Waals surface area contributed by atoms with E-state index in [1.165, 1.54) is 29.1 Å². The average molecular weight is 433 g/mol. The predicted octanol–water partition coefficient (Wildman–Crippen LogP) is 3.10. The number of rotatable bonds is 5. The summed E-state index contributed by atoms with van der Waals surface area (Å²) in [7, 11) is -2.53. The number of fused-ring (bicyclic) bond motifs is 1. The standard InChI is InChI=1S/C22H25FN2O4S/c1-29-22(26)14-20-19-13-17(23)7-8-21(19)30(27,28)25(20)18-9-11-24(12-10-18)15-16-5-3-2-4-6-16/h2-8,13,18,20H,9-12,14-15H2,1H3/t20-/m0/s1. The summed E-state index contributed by atoms with van der Waals surface area (Å²) in [6.45, 7) is 2.32. The fraction of sp³-hybridized carbons (Fsp3) is 0.409. The van der Waals surface area contributed by atoms with Crippen molar-refractivity contribution >= 4 is 16.0 Å². The van der Waals surface area contributed by atoms with Crippen LogP contribution in [0.15, 0.2) is 53.4 Å². The second-order valence-corrected chi connectivity index (χ2v) is 9.62. The fourth-order valence-corrected chi connectivity index (χ4v) is 6.58. The summed E-state index contributed by atoms with van der Waals surface area (Å²) in [6.07, 6.45) is 1.18. The number of methoxy groups -OCH3 is 1. The van der Waals surface area contributed by atoms with Crippen molar-refractivity contribution < 1.29 is 22.3 Å². The Kier molecular flexibility index (Phi) is 5.90. The van der Waals surface area contributed by atoms with Gasteiger partial charge in [-0.15, -0.1) is 0 Å². The largest absolute Gasteiger partial charge is 0.469 e. The number of piperidine rings is 1. The van der Waals surface area contributed by atoms with Gasteiger partial charge in [-0.1, -0.05) is 30.3 Å². The van der Waals surface area contributed by atoms with Gasteiger partial charge < -0.3 is 4.74 Å². The van der Waals surface area contributed by atoms with Crippen molar-refractivity contribution in [1.29, 1.82) is 0 Å². The van der Waals surface area contributed by atoms with Crippen LogP contribution in [0.25, 0.3) is 0 Å². The van der Waals surface area contributed by atoms with E-state index in [4.69, 9.17) is 4.74 Å². The van der Waals surface area contributed by atoms with Crippen LogP contribution in [-0.4, -0.2) is 49.8 Å². The summed E-state index contributed by atoms with van der Waals surface area (Å²) >= 11 is 0. The number of carbonyl (C=O) groups excluding carboxylic acids is 1. The molecule has 0 saturated carbocycles. The highest BCUT2D eigenvalue weighted by Gasteiger charge is 2.47. The van der Waals surface area contributed by atoms with Crippen molar-refractivity contribution in [2.24, 2.45) is 0 Å². The number of ether oxygens (including phenoxy) is 1. The smallest absolute Gasteiger partial charge is 0.307 e. The normalized spacial score (nSPS) is 22.0. The van der Waals surface area contributed by atoms with Crippen LogP contribution in [0, 0.1) is 5.82 Å². The molecule has 0 unspecified atom stereocenters. The van der Waals surface area contributed by atoms with Crippen molar-refractivity contribution in [3.8, 4) is 0 Å². The van der Waals surface area contributed by atoms with Gasteiger partial charge in [-0.2, -0.15) is 4.31 Å². The van der Waals surface area contributed by atoms with Crippen LogP contribution in [0.3, 0.4) is 0 Å². The molecular weight excluding hydrogens is 407 g/mol. The molecule has 0 spiro atoms. The molecule has 0 aromatic heterocycles. The van der Waals surface area contributed by atoms with Crippen LogP contribution in [0.2, 0.25) is 0 Å². The van der Waals surface area contributed by atoms with Gasteiger partial charge in [0.15, 0.2) is 0 Å². The Morgan fingerprint density at radius 2 is 1.83 bits per heavy atom. The molecule has 0 N–H and O–H groups in total. The number of carbonyl (C=O) groups is 1. The van der Waals surface area contributed by atoms with Crippen molar-refractivity contribution in [2.75, 3.05) is 20.2 Å². The topological polar surface area (TPSA) is 66.9 Å². The number of esters is 1. The molecule has 2 heterocycles. The molecular formula is C22H25FN2O4S. The second kappa shape index (κ2) is 8.45. The highest BCUT2D eigenvalue weighted by molar-refractivity contribution is 7.89. The summed E-state index contributed by atoms with van der Waals surface area (Å²) in [5.41, 5.74) is 1.56. The summed E-state index contributed by atoms with van der Waals surface area (Å²) in [5, 5.41) is 0. The molecule has 1 atom stereocenters. The zero-order valence-electron chi connectivity index (χ0n) is 16.8. The maximum Gasteiger partial charge on any atom is 0.307 e. The summed E-state index contributed by atoms with van der Waals surface area (Å²) in [6, 6.07) is 12.8. The minimum atomic E-state index is -3.80. The number of halogens is 1. The van der Waals surface area contributed by atoms with E-state index >= 15 is 0 Å². The third-order valence-corrected chi connectivity index (χ3v) is 7.98. The lowest BCUT2D eigenvalue weighted by Gasteiger charge is -2.38. The van der Waals surface area contributed by atoms with Gasteiger partial charge in [0.25, 0.3) is 0 Å². The lowest BCUT2D eigenvalue weighted by atomic mass is 9.98. The Morgan fingerprint density at radius 3 is 2.50 bits per heavy atom. The van der Waals surface area contributed by atoms with Gasteiger partial charge >= 0.3 is 5.97 Å². The zero-order chi connectivity index (χ0) is 21.3. The second-order valence-electron chi connectivity index (χ2n) is 7.81. The molecule has 2 aliphatic rings. The van der Waals surface area contributed by atoms with E-state index in [-0.39, 0.29) is 17.4 Å². The van der Waals surface area contributed by atoms with Crippen molar-refractivity contribution in [1.82, 2.24) is 9.21 Å². The van der Waals surface area contributed by atoms with Crippen LogP contribution in [-0.2, 0) is 26.1 Å². The molecule has 0 amide bonds. The monoisotopic (exact) mass is 432 g/mol. The van der Waals surface area contributed by atoms with Crippen LogP contribution >= 0.6 is 0 Å². The van der Waals surface area contributed by atoms with E-state index < -0.39 is 27.9 Å². The average Bonchev–Trinajstić information content (AvgIpc) is 2.95. The van der Waals surface area contributed by atoms with Gasteiger partial charge in [-0.05, 0) is 42.2 Å². The minimum absolute atomic E-state index is 0.0875. The van der Waals surface area contributed by atoms with Crippen LogP contribution in [0.1, 0.15) is 36.4 Å². The van der Waals surface area contributed by atoms with Crippen molar-refractivity contribution in [3.63, 3.8) is 0 Å². The van der Waals surface area contributed by atoms with Gasteiger partial charge in [0.1, 0.15) is 5.82 Å². The van der Waals surface area contributed by atoms with E-state index in [9.17, 15) is 17.6 Å². The Balaban J connectivity index is 1.55. The van der Waals surface area contributed by atoms with Gasteiger partial charge in [-0.3, -0.25) is 9.69 Å². The first-order valence-corrected chi connectivity index (χ1v) is 11.5. The third kappa shape index (κ3) is 3.99. The number of benzene rings is 2. The van der Waals surface area contributed by atoms with Crippen molar-refractivity contribution in [3.05, 3.63) is 65.5 Å². The lowest BCUT2D eigenvalue weighted by Crippen LogP contribution is -2.46. The van der Waals surface area contributed by atoms with E-state index in [0.717, 1.165) is 25.7 Å². The first-order valence-electron chi connectivity index (χ1n) is 10.1. The Labute approximate surface area is 176 Å². The Hall–Kier alpha value is -2.29. The van der Waals surface area contributed by atoms with Gasteiger partial charge in [0.2, 0.25) is 10.0 Å². The van der Waals surface area contributed by atoms with Gasteiger partial charge in [0.05, 0.1) is 24.5 Å². The zero-order valence-corrected chi connectivity index (χ0v) is 17.6. The number of likely N-dealkylation sites (tertiary alicyclic amines) is 1. The molecule has 6 nitrogen and oxygen atoms in total. The first-order chi connectivity index (χ1) is 14.4. The fourth-order valence-electron chi connectivity index (χ4n) is 4.50. The highest BCUT2D eigenvalue weighted by Crippen LogP contribution is 2.44. The molecule has 2 aliphatic heterocycles. The Morgan fingerprint density at radius 1 is 1.13 bits per heavy atom. The van der Waals surface area contributed by atoms with E-state index in [0.29, 0.717) is 18.4 Å². The Bertz CT molecular complexity index is 1020. The number of sulfonamides is 1. The van der Waals surface area contributed by atoms with E-state index in [1.54, 1.807) is 0 Å². The maximum absolute atomic E-state index is 13.9. The van der Waals surface area contributed by atoms with Gasteiger partial charge in [-0.25, -0.2) is 12.8 Å². The molecule has 30 heavy (non-hydrogen) atoms. The maximum atomic E-state index is 13.9. The number of hydrogen-bond donors (Lipinski definition) is 0. The summed E-state index contributed by atoms with van der Waals surface area (Å²) < 4.78 is 46.7. The SMILES string of the molecule is COC(=O)C[C@H]1c2cc(F)ccc2S(=O)(=O)N1C1CCN(Cc2ccccc2)CC1. The van der Waals surface area contributed by atoms with Crippen LogP contribution < -0.4 is 0 Å². The molecule has 8 heteroatoms. The third-order valence-electron chi connectivity index (χ3n) is 5.95.